The molecule has 0 aromatic heterocycles. The molecule has 2 rings (SSSR count). The summed E-state index contributed by atoms with van der Waals surface area (Å²) in [5, 5.41) is 0. The topological polar surface area (TPSA) is 37.4 Å². The number of fused-ring (bicyclic) bond motifs is 1. The van der Waals surface area contributed by atoms with E-state index in [-0.39, 0.29) is 17.7 Å². The Morgan fingerprint density at radius 2 is 2.00 bits per heavy atom. The quantitative estimate of drug-likeness (QED) is 0.510. The second-order valence-electron chi connectivity index (χ2n) is 3.51. The molecule has 1 unspecified atom stereocenters. The molecule has 0 saturated carbocycles. The summed E-state index contributed by atoms with van der Waals surface area (Å²) in [6.07, 6.45) is 0.895. The van der Waals surface area contributed by atoms with Crippen LogP contribution in [0.3, 0.4) is 0 Å². The highest BCUT2D eigenvalue weighted by molar-refractivity contribution is 6.03. The highest BCUT2D eigenvalue weighted by atomic mass is 16.2. The maximum atomic E-state index is 11.5. The van der Waals surface area contributed by atoms with Crippen molar-refractivity contribution in [1.82, 2.24) is 4.90 Å². The standard InChI is InChI=1S/C10H11NO2/c1-6-7(2)10(13)11-4-3-8(12)5-9(6)11/h9H,1-5H2. The summed E-state index contributed by atoms with van der Waals surface area (Å²) in [5.74, 6) is 0.160. The fraction of sp³-hybridized carbons (Fsp3) is 0.400. The van der Waals surface area contributed by atoms with Gasteiger partial charge >= 0.3 is 0 Å². The average molecular weight is 177 g/mol. The number of nitrogens with zero attached hydrogens (tertiary/aromatic N) is 1. The molecule has 2 saturated heterocycles. The van der Waals surface area contributed by atoms with E-state index in [1.54, 1.807) is 4.90 Å². The van der Waals surface area contributed by atoms with Crippen LogP contribution in [0, 0.1) is 0 Å². The Morgan fingerprint density at radius 1 is 1.31 bits per heavy atom. The zero-order chi connectivity index (χ0) is 9.59. The van der Waals surface area contributed by atoms with Crippen LogP contribution in [-0.4, -0.2) is 29.2 Å². The van der Waals surface area contributed by atoms with Gasteiger partial charge < -0.3 is 4.90 Å². The summed E-state index contributed by atoms with van der Waals surface area (Å²) >= 11 is 0. The first-order valence-corrected chi connectivity index (χ1v) is 4.32. The predicted molar refractivity (Wildman–Crippen MR) is 48.0 cm³/mol. The Balaban J connectivity index is 2.32. The molecule has 1 amide bonds. The first kappa shape index (κ1) is 8.23. The molecule has 2 aliphatic rings. The zero-order valence-electron chi connectivity index (χ0n) is 7.38. The van der Waals surface area contributed by atoms with Gasteiger partial charge in [-0.25, -0.2) is 0 Å². The number of hydrogen-bond acceptors (Lipinski definition) is 2. The number of piperidine rings is 1. The number of carbonyl (C=O) groups is 2. The fourth-order valence-corrected chi connectivity index (χ4v) is 1.90. The summed E-state index contributed by atoms with van der Waals surface area (Å²) in [4.78, 5) is 24.4. The minimum atomic E-state index is -0.0961. The van der Waals surface area contributed by atoms with Crippen LogP contribution in [-0.2, 0) is 9.59 Å². The molecule has 3 heteroatoms. The maximum absolute atomic E-state index is 11.5. The maximum Gasteiger partial charge on any atom is 0.254 e. The van der Waals surface area contributed by atoms with Crippen molar-refractivity contribution in [2.75, 3.05) is 6.54 Å². The first-order chi connectivity index (χ1) is 6.11. The molecule has 2 fully saturated rings. The molecule has 0 aromatic carbocycles. The second kappa shape index (κ2) is 2.55. The third kappa shape index (κ3) is 1.03. The summed E-state index contributed by atoms with van der Waals surface area (Å²) in [6.45, 7) is 7.98. The summed E-state index contributed by atoms with van der Waals surface area (Å²) in [7, 11) is 0. The van der Waals surface area contributed by atoms with E-state index in [4.69, 9.17) is 0 Å². The number of rotatable bonds is 0. The molecule has 13 heavy (non-hydrogen) atoms. The molecule has 2 aliphatic heterocycles. The SMILES string of the molecule is C=C1C(=C)C2CC(=O)CCN2C1=O. The number of amides is 1. The van der Waals surface area contributed by atoms with Gasteiger partial charge in [-0.05, 0) is 5.57 Å². The van der Waals surface area contributed by atoms with Gasteiger partial charge in [0.1, 0.15) is 5.78 Å². The van der Waals surface area contributed by atoms with Gasteiger partial charge in [0.05, 0.1) is 6.04 Å². The lowest BCUT2D eigenvalue weighted by Crippen LogP contribution is -2.40. The third-order valence-electron chi connectivity index (χ3n) is 2.74. The Hall–Kier alpha value is -1.38. The second-order valence-corrected chi connectivity index (χ2v) is 3.51. The Morgan fingerprint density at radius 3 is 2.69 bits per heavy atom. The van der Waals surface area contributed by atoms with Crippen molar-refractivity contribution >= 4 is 11.7 Å². The van der Waals surface area contributed by atoms with E-state index in [9.17, 15) is 9.59 Å². The fourth-order valence-electron chi connectivity index (χ4n) is 1.90. The number of hydrogen-bond donors (Lipinski definition) is 0. The van der Waals surface area contributed by atoms with Crippen molar-refractivity contribution in [3.05, 3.63) is 24.3 Å². The van der Waals surface area contributed by atoms with Gasteiger partial charge in [-0.15, -0.1) is 0 Å². The lowest BCUT2D eigenvalue weighted by atomic mass is 9.97. The van der Waals surface area contributed by atoms with Crippen molar-refractivity contribution in [2.24, 2.45) is 0 Å². The van der Waals surface area contributed by atoms with Gasteiger partial charge in [-0.2, -0.15) is 0 Å². The van der Waals surface area contributed by atoms with Gasteiger partial charge in [0.15, 0.2) is 0 Å². The van der Waals surface area contributed by atoms with Crippen molar-refractivity contribution < 1.29 is 9.59 Å². The molecule has 0 N–H and O–H groups in total. The molecule has 2 heterocycles. The van der Waals surface area contributed by atoms with E-state index in [0.29, 0.717) is 25.0 Å². The lowest BCUT2D eigenvalue weighted by molar-refractivity contribution is -0.130. The predicted octanol–water partition coefficient (Wildman–Crippen LogP) is 0.672. The Bertz CT molecular complexity index is 330. The van der Waals surface area contributed by atoms with E-state index < -0.39 is 0 Å². The van der Waals surface area contributed by atoms with E-state index in [1.807, 2.05) is 0 Å². The summed E-state index contributed by atoms with van der Waals surface area (Å²) in [5.41, 5.74) is 1.19. The van der Waals surface area contributed by atoms with E-state index in [2.05, 4.69) is 13.2 Å². The minimum absolute atomic E-state index is 0.0532. The normalized spacial score (nSPS) is 28.3. The Labute approximate surface area is 76.7 Å². The van der Waals surface area contributed by atoms with Crippen LogP contribution in [0.1, 0.15) is 12.8 Å². The van der Waals surface area contributed by atoms with Gasteiger partial charge in [0.25, 0.3) is 5.91 Å². The molecule has 0 bridgehead atoms. The molecule has 1 atom stereocenters. The van der Waals surface area contributed by atoms with Crippen molar-refractivity contribution in [2.45, 2.75) is 18.9 Å². The van der Waals surface area contributed by atoms with Crippen molar-refractivity contribution in [1.29, 1.82) is 0 Å². The van der Waals surface area contributed by atoms with Crippen LogP contribution in [0.5, 0.6) is 0 Å². The van der Waals surface area contributed by atoms with Gasteiger partial charge in [-0.1, -0.05) is 13.2 Å². The smallest absolute Gasteiger partial charge is 0.254 e. The van der Waals surface area contributed by atoms with Crippen molar-refractivity contribution in [3.63, 3.8) is 0 Å². The summed E-state index contributed by atoms with van der Waals surface area (Å²) in [6, 6.07) is -0.0961. The molecule has 0 aromatic rings. The summed E-state index contributed by atoms with van der Waals surface area (Å²) < 4.78 is 0. The molecule has 3 nitrogen and oxygen atoms in total. The first-order valence-electron chi connectivity index (χ1n) is 4.32. The van der Waals surface area contributed by atoms with E-state index >= 15 is 0 Å². The van der Waals surface area contributed by atoms with Gasteiger partial charge in [-0.3, -0.25) is 9.59 Å². The average Bonchev–Trinajstić information content (AvgIpc) is 2.32. The zero-order valence-corrected chi connectivity index (χ0v) is 7.38. The van der Waals surface area contributed by atoms with Crippen molar-refractivity contribution in [3.8, 4) is 0 Å². The number of Topliss-reactive ketones (excluding diaryl/α,β-unsaturated/α-hetero) is 1. The molecular formula is C10H11NO2. The number of carbonyl (C=O) groups excluding carboxylic acids is 2. The number of ketones is 1. The monoisotopic (exact) mass is 177 g/mol. The third-order valence-corrected chi connectivity index (χ3v) is 2.74. The van der Waals surface area contributed by atoms with Crippen LogP contribution in [0.25, 0.3) is 0 Å². The van der Waals surface area contributed by atoms with Crippen LogP contribution in [0.4, 0.5) is 0 Å². The van der Waals surface area contributed by atoms with Crippen LogP contribution in [0.2, 0.25) is 0 Å². The Kier molecular flexibility index (Phi) is 1.62. The molecule has 0 radical (unpaired) electrons. The molecular weight excluding hydrogens is 166 g/mol. The van der Waals surface area contributed by atoms with Crippen LogP contribution >= 0.6 is 0 Å². The molecule has 0 aliphatic carbocycles. The van der Waals surface area contributed by atoms with Crippen LogP contribution < -0.4 is 0 Å². The molecule has 68 valence electrons. The minimum Gasteiger partial charge on any atom is -0.331 e. The highest BCUT2D eigenvalue weighted by Crippen LogP contribution is 2.32. The van der Waals surface area contributed by atoms with Crippen LogP contribution in [0.15, 0.2) is 24.3 Å². The highest BCUT2D eigenvalue weighted by Gasteiger charge is 2.40. The largest absolute Gasteiger partial charge is 0.331 e. The van der Waals surface area contributed by atoms with Gasteiger partial charge in [0, 0.05) is 25.0 Å². The van der Waals surface area contributed by atoms with Gasteiger partial charge in [0.2, 0.25) is 0 Å². The van der Waals surface area contributed by atoms with E-state index in [0.717, 1.165) is 5.57 Å². The molecule has 0 spiro atoms. The lowest BCUT2D eigenvalue weighted by Gasteiger charge is -2.28. The van der Waals surface area contributed by atoms with E-state index in [1.165, 1.54) is 0 Å².